The predicted octanol–water partition coefficient (Wildman–Crippen LogP) is 1.68. The summed E-state index contributed by atoms with van der Waals surface area (Å²) in [5.74, 6) is 0. The van der Waals surface area contributed by atoms with Crippen molar-refractivity contribution in [2.75, 3.05) is 6.54 Å². The molecule has 0 saturated heterocycles. The molecule has 3 heteroatoms. The first-order chi connectivity index (χ1) is 7.38. The van der Waals surface area contributed by atoms with Crippen LogP contribution in [0.25, 0.3) is 0 Å². The summed E-state index contributed by atoms with van der Waals surface area (Å²) in [7, 11) is 0. The van der Waals surface area contributed by atoms with E-state index in [9.17, 15) is 10.2 Å². The Bertz CT molecular complexity index is 201. The molecule has 0 bridgehead atoms. The molecule has 1 rings (SSSR count). The first-order valence-electron chi connectivity index (χ1n) is 6.48. The standard InChI is InChI=1S/C13H27NO2/c1-13(2,3)8-10(15)9-14-11-6-4-5-7-12(11)16/h10-12,14-16H,4-9H2,1-3H3. The highest BCUT2D eigenvalue weighted by molar-refractivity contribution is 4.81. The van der Waals surface area contributed by atoms with Crippen LogP contribution in [0.2, 0.25) is 0 Å². The normalized spacial score (nSPS) is 29.1. The molecule has 1 fully saturated rings. The van der Waals surface area contributed by atoms with Crippen LogP contribution >= 0.6 is 0 Å². The fraction of sp³-hybridized carbons (Fsp3) is 1.00. The smallest absolute Gasteiger partial charge is 0.0693 e. The van der Waals surface area contributed by atoms with Crippen molar-refractivity contribution in [3.05, 3.63) is 0 Å². The van der Waals surface area contributed by atoms with Gasteiger partial charge in [-0.25, -0.2) is 0 Å². The first-order valence-corrected chi connectivity index (χ1v) is 6.48. The Morgan fingerprint density at radius 3 is 2.44 bits per heavy atom. The fourth-order valence-corrected chi connectivity index (χ4v) is 2.42. The second-order valence-corrected chi connectivity index (χ2v) is 6.29. The third-order valence-electron chi connectivity index (χ3n) is 3.19. The highest BCUT2D eigenvalue weighted by Crippen LogP contribution is 2.21. The molecule has 0 aromatic heterocycles. The molecule has 0 amide bonds. The molecule has 3 N–H and O–H groups in total. The van der Waals surface area contributed by atoms with Gasteiger partial charge in [-0.2, -0.15) is 0 Å². The first kappa shape index (κ1) is 13.9. The maximum absolute atomic E-state index is 9.86. The van der Waals surface area contributed by atoms with Crippen molar-refractivity contribution in [2.24, 2.45) is 5.41 Å². The highest BCUT2D eigenvalue weighted by atomic mass is 16.3. The zero-order chi connectivity index (χ0) is 12.2. The summed E-state index contributed by atoms with van der Waals surface area (Å²) in [6.07, 6.45) is 4.50. The van der Waals surface area contributed by atoms with Crippen LogP contribution in [0.3, 0.4) is 0 Å². The molecule has 0 heterocycles. The highest BCUT2D eigenvalue weighted by Gasteiger charge is 2.24. The fourth-order valence-electron chi connectivity index (χ4n) is 2.42. The van der Waals surface area contributed by atoms with E-state index >= 15 is 0 Å². The van der Waals surface area contributed by atoms with Gasteiger partial charge in [0.25, 0.3) is 0 Å². The van der Waals surface area contributed by atoms with Crippen LogP contribution < -0.4 is 5.32 Å². The number of rotatable bonds is 4. The molecule has 0 radical (unpaired) electrons. The van der Waals surface area contributed by atoms with Crippen LogP contribution in [0.5, 0.6) is 0 Å². The minimum absolute atomic E-state index is 0.159. The van der Waals surface area contributed by atoms with Crippen LogP contribution in [0.1, 0.15) is 52.9 Å². The number of nitrogens with one attached hydrogen (secondary N) is 1. The van der Waals surface area contributed by atoms with Crippen molar-refractivity contribution >= 4 is 0 Å². The van der Waals surface area contributed by atoms with Gasteiger partial charge in [-0.15, -0.1) is 0 Å². The summed E-state index contributed by atoms with van der Waals surface area (Å²) >= 11 is 0. The molecular formula is C13H27NO2. The predicted molar refractivity (Wildman–Crippen MR) is 66.3 cm³/mol. The molecule has 1 aliphatic rings. The van der Waals surface area contributed by atoms with Gasteiger partial charge in [0.05, 0.1) is 12.2 Å². The average molecular weight is 229 g/mol. The molecule has 0 spiro atoms. The Kier molecular flexibility index (Phi) is 5.22. The molecule has 16 heavy (non-hydrogen) atoms. The summed E-state index contributed by atoms with van der Waals surface area (Å²) in [4.78, 5) is 0. The van der Waals surface area contributed by atoms with Crippen LogP contribution in [-0.4, -0.2) is 35.0 Å². The van der Waals surface area contributed by atoms with Crippen molar-refractivity contribution in [2.45, 2.75) is 71.1 Å². The topological polar surface area (TPSA) is 52.5 Å². The molecular weight excluding hydrogens is 202 g/mol. The van der Waals surface area contributed by atoms with Crippen molar-refractivity contribution in [1.29, 1.82) is 0 Å². The van der Waals surface area contributed by atoms with Crippen LogP contribution in [0, 0.1) is 5.41 Å². The Morgan fingerprint density at radius 2 is 1.88 bits per heavy atom. The second-order valence-electron chi connectivity index (χ2n) is 6.29. The van der Waals surface area contributed by atoms with Gasteiger partial charge in [-0.1, -0.05) is 33.6 Å². The van der Waals surface area contributed by atoms with Crippen LogP contribution in [-0.2, 0) is 0 Å². The number of hydrogen-bond acceptors (Lipinski definition) is 3. The Labute approximate surface area is 99.3 Å². The van der Waals surface area contributed by atoms with E-state index in [1.807, 2.05) is 0 Å². The Morgan fingerprint density at radius 1 is 1.25 bits per heavy atom. The van der Waals surface area contributed by atoms with Gasteiger partial charge in [0.1, 0.15) is 0 Å². The van der Waals surface area contributed by atoms with Crippen LogP contribution in [0.15, 0.2) is 0 Å². The van der Waals surface area contributed by atoms with E-state index in [4.69, 9.17) is 0 Å². The SMILES string of the molecule is CC(C)(C)CC(O)CNC1CCCCC1O. The summed E-state index contributed by atoms with van der Waals surface area (Å²) in [6.45, 7) is 6.99. The van der Waals surface area contributed by atoms with E-state index < -0.39 is 0 Å². The van der Waals surface area contributed by atoms with E-state index in [1.165, 1.54) is 6.42 Å². The van der Waals surface area contributed by atoms with Gasteiger partial charge in [-0.05, 0) is 24.7 Å². The van der Waals surface area contributed by atoms with Gasteiger partial charge < -0.3 is 15.5 Å². The second kappa shape index (κ2) is 5.99. The lowest BCUT2D eigenvalue weighted by atomic mass is 9.88. The summed E-state index contributed by atoms with van der Waals surface area (Å²) in [5.41, 5.74) is 0.159. The van der Waals surface area contributed by atoms with E-state index in [-0.39, 0.29) is 23.7 Å². The van der Waals surface area contributed by atoms with E-state index in [1.54, 1.807) is 0 Å². The average Bonchev–Trinajstić information content (AvgIpc) is 2.14. The van der Waals surface area contributed by atoms with Gasteiger partial charge in [0, 0.05) is 12.6 Å². The zero-order valence-corrected chi connectivity index (χ0v) is 10.9. The molecule has 3 nitrogen and oxygen atoms in total. The van der Waals surface area contributed by atoms with E-state index in [0.717, 1.165) is 25.7 Å². The zero-order valence-electron chi connectivity index (χ0n) is 10.9. The lowest BCUT2D eigenvalue weighted by Crippen LogP contribution is -2.45. The van der Waals surface area contributed by atoms with Gasteiger partial charge in [0.2, 0.25) is 0 Å². The van der Waals surface area contributed by atoms with Crippen molar-refractivity contribution in [3.8, 4) is 0 Å². The molecule has 3 atom stereocenters. The quantitative estimate of drug-likeness (QED) is 0.687. The van der Waals surface area contributed by atoms with Crippen molar-refractivity contribution < 1.29 is 10.2 Å². The molecule has 1 saturated carbocycles. The lowest BCUT2D eigenvalue weighted by molar-refractivity contribution is 0.0709. The number of hydrogen-bond donors (Lipinski definition) is 3. The Balaban J connectivity index is 2.22. The molecule has 0 aromatic rings. The van der Waals surface area contributed by atoms with Crippen LogP contribution in [0.4, 0.5) is 0 Å². The molecule has 3 unspecified atom stereocenters. The largest absolute Gasteiger partial charge is 0.392 e. The van der Waals surface area contributed by atoms with Crippen molar-refractivity contribution in [1.82, 2.24) is 5.32 Å². The lowest BCUT2D eigenvalue weighted by Gasteiger charge is -2.30. The maximum Gasteiger partial charge on any atom is 0.0693 e. The summed E-state index contributed by atoms with van der Waals surface area (Å²) in [5, 5.41) is 22.9. The summed E-state index contributed by atoms with van der Waals surface area (Å²) < 4.78 is 0. The van der Waals surface area contributed by atoms with Gasteiger partial charge in [-0.3, -0.25) is 0 Å². The summed E-state index contributed by atoms with van der Waals surface area (Å²) in [6, 6.07) is 0.184. The molecule has 1 aliphatic carbocycles. The Hall–Kier alpha value is -0.120. The van der Waals surface area contributed by atoms with Crippen molar-refractivity contribution in [3.63, 3.8) is 0 Å². The third-order valence-corrected chi connectivity index (χ3v) is 3.19. The molecule has 96 valence electrons. The monoisotopic (exact) mass is 229 g/mol. The van der Waals surface area contributed by atoms with E-state index in [2.05, 4.69) is 26.1 Å². The minimum atomic E-state index is -0.311. The minimum Gasteiger partial charge on any atom is -0.392 e. The van der Waals surface area contributed by atoms with Gasteiger partial charge >= 0.3 is 0 Å². The molecule has 0 aliphatic heterocycles. The number of aliphatic hydroxyl groups excluding tert-OH is 2. The number of aliphatic hydroxyl groups is 2. The van der Waals surface area contributed by atoms with E-state index in [0.29, 0.717) is 6.54 Å². The maximum atomic E-state index is 9.86. The van der Waals surface area contributed by atoms with Gasteiger partial charge in [0.15, 0.2) is 0 Å². The third kappa shape index (κ3) is 5.28. The molecule has 0 aromatic carbocycles.